The Kier molecular flexibility index (Phi) is 4.33. The number of fused-ring (bicyclic) bond motifs is 1. The number of benzene rings is 2. The maximum absolute atomic E-state index is 12.4. The van der Waals surface area contributed by atoms with Crippen LogP contribution in [0.3, 0.4) is 0 Å². The summed E-state index contributed by atoms with van der Waals surface area (Å²) in [5, 5.41) is 1.75. The van der Waals surface area contributed by atoms with Crippen LogP contribution in [0.15, 0.2) is 59.5 Å². The van der Waals surface area contributed by atoms with Crippen LogP contribution >= 0.6 is 0 Å². The van der Waals surface area contributed by atoms with E-state index in [1.807, 2.05) is 61.7 Å². The number of nitrogens with two attached hydrogens (primary N) is 1. The predicted octanol–water partition coefficient (Wildman–Crippen LogP) is 3.36. The number of pyridine rings is 1. The van der Waals surface area contributed by atoms with E-state index in [1.165, 1.54) is 0 Å². The molecule has 0 aliphatic heterocycles. The molecule has 0 aliphatic rings. The Morgan fingerprint density at radius 2 is 1.87 bits per heavy atom. The van der Waals surface area contributed by atoms with E-state index in [-0.39, 0.29) is 5.56 Å². The summed E-state index contributed by atoms with van der Waals surface area (Å²) in [5.74, 6) is 0.792. The summed E-state index contributed by atoms with van der Waals surface area (Å²) in [6, 6.07) is 15.2. The fourth-order valence-corrected chi connectivity index (χ4v) is 2.57. The van der Waals surface area contributed by atoms with Crippen LogP contribution in [-0.2, 0) is 6.54 Å². The van der Waals surface area contributed by atoms with Gasteiger partial charge in [0.05, 0.1) is 6.61 Å². The molecule has 1 heterocycles. The highest BCUT2D eigenvalue weighted by Crippen LogP contribution is 2.14. The van der Waals surface area contributed by atoms with Gasteiger partial charge in [-0.3, -0.25) is 4.79 Å². The van der Waals surface area contributed by atoms with Crippen LogP contribution in [0, 0.1) is 6.92 Å². The summed E-state index contributed by atoms with van der Waals surface area (Å²) in [6.07, 6.45) is 2.62. The maximum atomic E-state index is 12.4. The Bertz CT molecular complexity index is 867. The normalized spacial score (nSPS) is 10.8. The molecule has 0 fully saturated rings. The average molecular weight is 308 g/mol. The second kappa shape index (κ2) is 6.57. The molecule has 0 amide bonds. The molecule has 23 heavy (non-hydrogen) atoms. The van der Waals surface area contributed by atoms with Crippen molar-refractivity contribution in [3.05, 3.63) is 70.6 Å². The number of ether oxygens (including phenoxy) is 1. The van der Waals surface area contributed by atoms with Crippen molar-refractivity contribution < 1.29 is 4.74 Å². The van der Waals surface area contributed by atoms with Crippen LogP contribution < -0.4 is 16.0 Å². The Morgan fingerprint density at radius 3 is 2.65 bits per heavy atom. The lowest BCUT2D eigenvalue weighted by molar-refractivity contribution is 0.301. The first-order valence-electron chi connectivity index (χ1n) is 7.72. The molecule has 4 nitrogen and oxygen atoms in total. The van der Waals surface area contributed by atoms with Gasteiger partial charge in [-0.1, -0.05) is 17.7 Å². The molecule has 118 valence electrons. The van der Waals surface area contributed by atoms with E-state index in [9.17, 15) is 4.79 Å². The topological polar surface area (TPSA) is 57.2 Å². The highest BCUT2D eigenvalue weighted by molar-refractivity contribution is 5.81. The van der Waals surface area contributed by atoms with Crippen LogP contribution in [0.1, 0.15) is 12.0 Å². The molecule has 0 spiro atoms. The van der Waals surface area contributed by atoms with Crippen LogP contribution in [0.2, 0.25) is 0 Å². The van der Waals surface area contributed by atoms with E-state index in [2.05, 4.69) is 0 Å². The molecule has 0 bridgehead atoms. The van der Waals surface area contributed by atoms with Crippen molar-refractivity contribution in [3.8, 4) is 5.75 Å². The van der Waals surface area contributed by atoms with Gasteiger partial charge in [-0.15, -0.1) is 0 Å². The van der Waals surface area contributed by atoms with E-state index in [4.69, 9.17) is 10.5 Å². The zero-order chi connectivity index (χ0) is 16.2. The number of rotatable bonds is 5. The van der Waals surface area contributed by atoms with Crippen molar-refractivity contribution in [2.75, 3.05) is 12.3 Å². The summed E-state index contributed by atoms with van der Waals surface area (Å²) >= 11 is 0. The summed E-state index contributed by atoms with van der Waals surface area (Å²) in [6.45, 7) is 3.22. The molecular weight excluding hydrogens is 288 g/mol. The SMILES string of the molecule is Cc1ccc2c(=O)n(CCCOc3ccc(N)cc3)ccc2c1. The maximum Gasteiger partial charge on any atom is 0.258 e. The van der Waals surface area contributed by atoms with Crippen LogP contribution in [0.5, 0.6) is 5.75 Å². The van der Waals surface area contributed by atoms with E-state index in [0.29, 0.717) is 13.2 Å². The summed E-state index contributed by atoms with van der Waals surface area (Å²) < 4.78 is 7.39. The minimum atomic E-state index is 0.0509. The van der Waals surface area contributed by atoms with E-state index >= 15 is 0 Å². The van der Waals surface area contributed by atoms with Gasteiger partial charge in [0.15, 0.2) is 0 Å². The van der Waals surface area contributed by atoms with Crippen molar-refractivity contribution in [1.82, 2.24) is 4.57 Å². The van der Waals surface area contributed by atoms with Gasteiger partial charge in [0.2, 0.25) is 0 Å². The minimum Gasteiger partial charge on any atom is -0.494 e. The monoisotopic (exact) mass is 308 g/mol. The lowest BCUT2D eigenvalue weighted by Crippen LogP contribution is -2.20. The van der Waals surface area contributed by atoms with Crippen molar-refractivity contribution in [2.45, 2.75) is 19.9 Å². The zero-order valence-corrected chi connectivity index (χ0v) is 13.2. The molecule has 0 radical (unpaired) electrons. The molecular formula is C19H20N2O2. The van der Waals surface area contributed by atoms with E-state index in [0.717, 1.165) is 34.2 Å². The van der Waals surface area contributed by atoms with Gasteiger partial charge in [-0.25, -0.2) is 0 Å². The Morgan fingerprint density at radius 1 is 1.09 bits per heavy atom. The third-order valence-corrected chi connectivity index (χ3v) is 3.82. The fraction of sp³-hybridized carbons (Fsp3) is 0.211. The van der Waals surface area contributed by atoms with Crippen molar-refractivity contribution >= 4 is 16.5 Å². The van der Waals surface area contributed by atoms with Crippen molar-refractivity contribution in [2.24, 2.45) is 0 Å². The number of nitrogens with zero attached hydrogens (tertiary/aromatic N) is 1. The number of nitrogen functional groups attached to an aromatic ring is 1. The molecule has 0 saturated carbocycles. The third-order valence-electron chi connectivity index (χ3n) is 3.82. The number of aryl methyl sites for hydroxylation is 2. The molecule has 0 aliphatic carbocycles. The van der Waals surface area contributed by atoms with Gasteiger partial charge >= 0.3 is 0 Å². The molecule has 4 heteroatoms. The summed E-state index contributed by atoms with van der Waals surface area (Å²) in [4.78, 5) is 12.4. The molecule has 1 aromatic heterocycles. The first-order chi connectivity index (χ1) is 11.1. The van der Waals surface area contributed by atoms with E-state index in [1.54, 1.807) is 4.57 Å². The summed E-state index contributed by atoms with van der Waals surface area (Å²) in [7, 11) is 0. The second-order valence-corrected chi connectivity index (χ2v) is 5.68. The average Bonchev–Trinajstić information content (AvgIpc) is 2.55. The highest BCUT2D eigenvalue weighted by atomic mass is 16.5. The first kappa shape index (κ1) is 15.2. The molecule has 0 unspecified atom stereocenters. The fourth-order valence-electron chi connectivity index (χ4n) is 2.57. The first-order valence-corrected chi connectivity index (χ1v) is 7.72. The Labute approximate surface area is 135 Å². The highest BCUT2D eigenvalue weighted by Gasteiger charge is 2.03. The Balaban J connectivity index is 1.63. The molecule has 2 aromatic carbocycles. The van der Waals surface area contributed by atoms with E-state index < -0.39 is 0 Å². The molecule has 3 rings (SSSR count). The molecule has 0 saturated heterocycles. The van der Waals surface area contributed by atoms with Crippen LogP contribution in [0.4, 0.5) is 5.69 Å². The number of aromatic nitrogens is 1. The molecule has 3 aromatic rings. The minimum absolute atomic E-state index is 0.0509. The Hall–Kier alpha value is -2.75. The lowest BCUT2D eigenvalue weighted by atomic mass is 10.1. The van der Waals surface area contributed by atoms with Gasteiger partial charge in [-0.05, 0) is 55.1 Å². The smallest absolute Gasteiger partial charge is 0.258 e. The number of hydrogen-bond donors (Lipinski definition) is 1. The van der Waals surface area contributed by atoms with Gasteiger partial charge in [0.25, 0.3) is 5.56 Å². The van der Waals surface area contributed by atoms with Crippen LogP contribution in [0.25, 0.3) is 10.8 Å². The third kappa shape index (κ3) is 3.54. The van der Waals surface area contributed by atoms with Crippen molar-refractivity contribution in [1.29, 1.82) is 0 Å². The molecule has 0 atom stereocenters. The van der Waals surface area contributed by atoms with Gasteiger partial charge in [-0.2, -0.15) is 0 Å². The number of hydrogen-bond acceptors (Lipinski definition) is 3. The quantitative estimate of drug-likeness (QED) is 0.581. The molecule has 2 N–H and O–H groups in total. The second-order valence-electron chi connectivity index (χ2n) is 5.68. The predicted molar refractivity (Wildman–Crippen MR) is 93.9 cm³/mol. The lowest BCUT2D eigenvalue weighted by Gasteiger charge is -2.09. The zero-order valence-electron chi connectivity index (χ0n) is 13.2. The van der Waals surface area contributed by atoms with Gasteiger partial charge < -0.3 is 15.0 Å². The number of anilines is 1. The van der Waals surface area contributed by atoms with Crippen LogP contribution in [-0.4, -0.2) is 11.2 Å². The van der Waals surface area contributed by atoms with Crippen molar-refractivity contribution in [3.63, 3.8) is 0 Å². The standard InChI is InChI=1S/C19H20N2O2/c1-14-3-8-18-15(13-14)9-11-21(19(18)22)10-2-12-23-17-6-4-16(20)5-7-17/h3-9,11,13H,2,10,12,20H2,1H3. The largest absolute Gasteiger partial charge is 0.494 e. The summed E-state index contributed by atoms with van der Waals surface area (Å²) in [5.41, 5.74) is 7.56. The van der Waals surface area contributed by atoms with Gasteiger partial charge in [0.1, 0.15) is 5.75 Å². The van der Waals surface area contributed by atoms with Gasteiger partial charge in [0, 0.05) is 23.8 Å².